The van der Waals surface area contributed by atoms with Gasteiger partial charge in [0, 0.05) is 12.6 Å². The zero-order valence-electron chi connectivity index (χ0n) is 14.8. The van der Waals surface area contributed by atoms with E-state index in [4.69, 9.17) is 0 Å². The van der Waals surface area contributed by atoms with E-state index in [0.29, 0.717) is 18.5 Å². The lowest BCUT2D eigenvalue weighted by Crippen LogP contribution is -2.44. The summed E-state index contributed by atoms with van der Waals surface area (Å²) in [7, 11) is 2.01. The highest BCUT2D eigenvalue weighted by Gasteiger charge is 2.23. The highest BCUT2D eigenvalue weighted by atomic mass is 16.2. The van der Waals surface area contributed by atoms with E-state index in [2.05, 4.69) is 59.6 Å². The van der Waals surface area contributed by atoms with E-state index >= 15 is 0 Å². The van der Waals surface area contributed by atoms with Crippen molar-refractivity contribution in [2.45, 2.75) is 45.2 Å². The molecule has 0 aromatic heterocycles. The molecule has 1 amide bonds. The Bertz CT molecular complexity index is 697. The van der Waals surface area contributed by atoms with Crippen molar-refractivity contribution < 1.29 is 4.79 Å². The Balaban J connectivity index is 1.54. The predicted molar refractivity (Wildman–Crippen MR) is 99.8 cm³/mol. The van der Waals surface area contributed by atoms with Gasteiger partial charge in [0.1, 0.15) is 0 Å². The van der Waals surface area contributed by atoms with Crippen LogP contribution in [0.1, 0.15) is 38.2 Å². The summed E-state index contributed by atoms with van der Waals surface area (Å²) >= 11 is 0. The van der Waals surface area contributed by atoms with Crippen LogP contribution >= 0.6 is 0 Å². The van der Waals surface area contributed by atoms with Crippen molar-refractivity contribution in [2.75, 3.05) is 13.6 Å². The molecule has 0 heterocycles. The average molecular weight is 324 g/mol. The molecule has 0 radical (unpaired) electrons. The quantitative estimate of drug-likeness (QED) is 0.902. The van der Waals surface area contributed by atoms with Crippen LogP contribution in [0.3, 0.4) is 0 Å². The molecule has 1 aliphatic rings. The second-order valence-electron chi connectivity index (χ2n) is 7.29. The molecule has 0 spiro atoms. The van der Waals surface area contributed by atoms with E-state index in [1.165, 1.54) is 35.6 Å². The van der Waals surface area contributed by atoms with E-state index in [1.54, 1.807) is 0 Å². The van der Waals surface area contributed by atoms with Crippen LogP contribution in [0.15, 0.2) is 42.5 Å². The third kappa shape index (κ3) is 4.35. The van der Waals surface area contributed by atoms with Crippen molar-refractivity contribution in [3.63, 3.8) is 0 Å². The van der Waals surface area contributed by atoms with Crippen LogP contribution < -0.4 is 5.32 Å². The molecule has 1 N–H and O–H groups in total. The molecule has 128 valence electrons. The van der Waals surface area contributed by atoms with Crippen molar-refractivity contribution in [2.24, 2.45) is 5.92 Å². The Labute approximate surface area is 145 Å². The number of carbonyl (C=O) groups excluding carboxylic acids is 1. The largest absolute Gasteiger partial charge is 0.352 e. The minimum absolute atomic E-state index is 0.150. The number of carbonyl (C=O) groups is 1. The fourth-order valence-electron chi connectivity index (χ4n) is 3.73. The molecule has 1 fully saturated rings. The molecule has 3 heteroatoms. The fourth-order valence-corrected chi connectivity index (χ4v) is 3.73. The van der Waals surface area contributed by atoms with Gasteiger partial charge in [-0.2, -0.15) is 0 Å². The molecule has 0 unspecified atom stereocenters. The molecule has 1 saturated carbocycles. The number of likely N-dealkylation sites (N-methyl/N-ethyl adjacent to an activating group) is 1. The molecular formula is C21H28N2O. The first-order valence-electron chi connectivity index (χ1n) is 9.07. The van der Waals surface area contributed by atoms with Crippen LogP contribution in [0.5, 0.6) is 0 Å². The molecule has 1 aliphatic carbocycles. The summed E-state index contributed by atoms with van der Waals surface area (Å²) in [6.45, 7) is 3.50. The Morgan fingerprint density at radius 2 is 1.88 bits per heavy atom. The number of amides is 1. The summed E-state index contributed by atoms with van der Waals surface area (Å²) in [5, 5.41) is 5.75. The SMILES string of the molecule is C[C@@H]1CCCC[C@H]1NC(=O)CN(C)Cc1ccc2ccccc2c1. The number of fused-ring (bicyclic) bond motifs is 1. The number of hydrogen-bond donors (Lipinski definition) is 1. The van der Waals surface area contributed by atoms with Gasteiger partial charge in [-0.25, -0.2) is 0 Å². The van der Waals surface area contributed by atoms with E-state index in [-0.39, 0.29) is 5.91 Å². The van der Waals surface area contributed by atoms with Gasteiger partial charge in [0.2, 0.25) is 5.91 Å². The summed E-state index contributed by atoms with van der Waals surface area (Å²) in [6, 6.07) is 15.3. The predicted octanol–water partition coefficient (Wildman–Crippen LogP) is 3.97. The van der Waals surface area contributed by atoms with Crippen molar-refractivity contribution in [1.29, 1.82) is 0 Å². The zero-order chi connectivity index (χ0) is 16.9. The minimum Gasteiger partial charge on any atom is -0.352 e. The summed E-state index contributed by atoms with van der Waals surface area (Å²) < 4.78 is 0. The molecule has 3 rings (SSSR count). The molecule has 24 heavy (non-hydrogen) atoms. The van der Waals surface area contributed by atoms with Gasteiger partial charge in [-0.15, -0.1) is 0 Å². The molecule has 3 nitrogen and oxygen atoms in total. The Morgan fingerprint density at radius 1 is 1.12 bits per heavy atom. The van der Waals surface area contributed by atoms with Gasteiger partial charge in [0.15, 0.2) is 0 Å². The number of nitrogens with one attached hydrogen (secondary N) is 1. The molecule has 0 bridgehead atoms. The van der Waals surface area contributed by atoms with Gasteiger partial charge < -0.3 is 5.32 Å². The van der Waals surface area contributed by atoms with Crippen LogP contribution in [0, 0.1) is 5.92 Å². The van der Waals surface area contributed by atoms with Gasteiger partial charge in [0.05, 0.1) is 6.54 Å². The summed E-state index contributed by atoms with van der Waals surface area (Å²) in [6.07, 6.45) is 4.90. The van der Waals surface area contributed by atoms with Crippen LogP contribution in [0.2, 0.25) is 0 Å². The number of hydrogen-bond acceptors (Lipinski definition) is 2. The van der Waals surface area contributed by atoms with Crippen molar-refractivity contribution in [3.8, 4) is 0 Å². The summed E-state index contributed by atoms with van der Waals surface area (Å²) in [4.78, 5) is 14.4. The van der Waals surface area contributed by atoms with Gasteiger partial charge in [-0.05, 0) is 48.2 Å². The van der Waals surface area contributed by atoms with Crippen molar-refractivity contribution in [1.82, 2.24) is 10.2 Å². The summed E-state index contributed by atoms with van der Waals surface area (Å²) in [5.41, 5.74) is 1.25. The minimum atomic E-state index is 0.150. The fraction of sp³-hybridized carbons (Fsp3) is 0.476. The average Bonchev–Trinajstić information content (AvgIpc) is 2.56. The zero-order valence-corrected chi connectivity index (χ0v) is 14.8. The molecule has 2 aromatic rings. The highest BCUT2D eigenvalue weighted by molar-refractivity contribution is 5.83. The van der Waals surface area contributed by atoms with Gasteiger partial charge in [0.25, 0.3) is 0 Å². The van der Waals surface area contributed by atoms with Crippen molar-refractivity contribution in [3.05, 3.63) is 48.0 Å². The lowest BCUT2D eigenvalue weighted by Gasteiger charge is -2.30. The third-order valence-electron chi connectivity index (χ3n) is 5.14. The Morgan fingerprint density at radius 3 is 2.67 bits per heavy atom. The molecule has 2 atom stereocenters. The number of benzene rings is 2. The first kappa shape index (κ1) is 17.0. The smallest absolute Gasteiger partial charge is 0.234 e. The topological polar surface area (TPSA) is 32.3 Å². The van der Waals surface area contributed by atoms with Crippen LogP contribution in [0.25, 0.3) is 10.8 Å². The van der Waals surface area contributed by atoms with Crippen LogP contribution in [-0.4, -0.2) is 30.4 Å². The maximum absolute atomic E-state index is 12.3. The monoisotopic (exact) mass is 324 g/mol. The lowest BCUT2D eigenvalue weighted by molar-refractivity contribution is -0.123. The number of rotatable bonds is 5. The second-order valence-corrected chi connectivity index (χ2v) is 7.29. The molecule has 0 saturated heterocycles. The van der Waals surface area contributed by atoms with Crippen LogP contribution in [-0.2, 0) is 11.3 Å². The first-order chi connectivity index (χ1) is 11.6. The molecule has 0 aliphatic heterocycles. The Kier molecular flexibility index (Phi) is 5.52. The van der Waals surface area contributed by atoms with E-state index in [9.17, 15) is 4.79 Å². The second kappa shape index (κ2) is 7.80. The number of nitrogens with zero attached hydrogens (tertiary/aromatic N) is 1. The molecular weight excluding hydrogens is 296 g/mol. The normalized spacial score (nSPS) is 21.1. The maximum Gasteiger partial charge on any atom is 0.234 e. The highest BCUT2D eigenvalue weighted by Crippen LogP contribution is 2.23. The van der Waals surface area contributed by atoms with Crippen molar-refractivity contribution >= 4 is 16.7 Å². The molecule has 2 aromatic carbocycles. The summed E-state index contributed by atoms with van der Waals surface area (Å²) in [5.74, 6) is 0.755. The van der Waals surface area contributed by atoms with Gasteiger partial charge in [-0.3, -0.25) is 9.69 Å². The standard InChI is InChI=1S/C21H28N2O/c1-16-7-3-6-10-20(16)22-21(24)15-23(2)14-17-11-12-18-8-4-5-9-19(18)13-17/h4-5,8-9,11-13,16,20H,3,6-7,10,14-15H2,1-2H3,(H,22,24)/t16-,20-/m1/s1. The van der Waals surface area contributed by atoms with E-state index in [0.717, 1.165) is 13.0 Å². The van der Waals surface area contributed by atoms with E-state index in [1.807, 2.05) is 7.05 Å². The van der Waals surface area contributed by atoms with Crippen LogP contribution in [0.4, 0.5) is 0 Å². The third-order valence-corrected chi connectivity index (χ3v) is 5.14. The Hall–Kier alpha value is -1.87. The van der Waals surface area contributed by atoms with E-state index < -0.39 is 0 Å². The maximum atomic E-state index is 12.3. The van der Waals surface area contributed by atoms with Gasteiger partial charge >= 0.3 is 0 Å². The lowest BCUT2D eigenvalue weighted by atomic mass is 9.86. The first-order valence-corrected chi connectivity index (χ1v) is 9.07. The van der Waals surface area contributed by atoms with Gasteiger partial charge in [-0.1, -0.05) is 56.2 Å².